The van der Waals surface area contributed by atoms with Crippen molar-refractivity contribution >= 4 is 12.0 Å². The molecule has 0 aromatic carbocycles. The van der Waals surface area contributed by atoms with E-state index in [4.69, 9.17) is 9.47 Å². The van der Waals surface area contributed by atoms with Crippen molar-refractivity contribution in [2.24, 2.45) is 5.92 Å². The van der Waals surface area contributed by atoms with Gasteiger partial charge in [-0.1, -0.05) is 0 Å². The molecule has 0 radical (unpaired) electrons. The number of carbonyl (C=O) groups is 1. The molecule has 2 atom stereocenters. The quantitative estimate of drug-likeness (QED) is 0.735. The Morgan fingerprint density at radius 1 is 1.00 bits per heavy atom. The van der Waals surface area contributed by atoms with Crippen molar-refractivity contribution in [1.82, 2.24) is 19.8 Å². The molecule has 3 aliphatic heterocycles. The molecule has 8 heteroatoms. The fourth-order valence-corrected chi connectivity index (χ4v) is 3.82. The van der Waals surface area contributed by atoms with Crippen LogP contribution in [0.25, 0.3) is 0 Å². The molecule has 4 rings (SSSR count). The first-order valence-electron chi connectivity index (χ1n) is 9.06. The predicted octanol–water partition coefficient (Wildman–Crippen LogP) is 0.456. The summed E-state index contributed by atoms with van der Waals surface area (Å²) in [6.45, 7) is 6.39. The maximum absolute atomic E-state index is 12.7. The molecule has 0 saturated carbocycles. The molecule has 3 fully saturated rings. The number of morpholine rings is 1. The lowest BCUT2D eigenvalue weighted by molar-refractivity contribution is -0.0200. The van der Waals surface area contributed by atoms with E-state index in [-0.39, 0.29) is 12.1 Å². The minimum absolute atomic E-state index is 0.0902. The number of hydrogen-bond donors (Lipinski definition) is 0. The van der Waals surface area contributed by atoms with Crippen LogP contribution in [-0.4, -0.2) is 91.0 Å². The van der Waals surface area contributed by atoms with Crippen LogP contribution in [0.15, 0.2) is 18.5 Å². The average molecular weight is 347 g/mol. The van der Waals surface area contributed by atoms with Crippen molar-refractivity contribution in [3.63, 3.8) is 0 Å². The first-order valence-corrected chi connectivity index (χ1v) is 9.06. The number of carbonyl (C=O) groups excluding carboxylic acids is 1. The van der Waals surface area contributed by atoms with E-state index in [1.807, 2.05) is 15.9 Å². The minimum atomic E-state index is 0.0902. The van der Waals surface area contributed by atoms with Crippen LogP contribution in [0.5, 0.6) is 0 Å². The molecule has 0 spiro atoms. The number of likely N-dealkylation sites (tertiary alicyclic amines) is 1. The van der Waals surface area contributed by atoms with Gasteiger partial charge in [-0.05, 0) is 12.5 Å². The number of ether oxygens (including phenoxy) is 2. The normalized spacial score (nSPS) is 27.6. The Labute approximate surface area is 147 Å². The zero-order chi connectivity index (χ0) is 17.1. The molecule has 25 heavy (non-hydrogen) atoms. The number of fused-ring (bicyclic) bond motifs is 1. The lowest BCUT2D eigenvalue weighted by Crippen LogP contribution is -2.54. The zero-order valence-electron chi connectivity index (χ0n) is 14.4. The highest BCUT2D eigenvalue weighted by molar-refractivity contribution is 5.74. The monoisotopic (exact) mass is 347 g/mol. The second kappa shape index (κ2) is 7.53. The van der Waals surface area contributed by atoms with E-state index in [0.29, 0.717) is 45.4 Å². The number of aromatic nitrogens is 2. The van der Waals surface area contributed by atoms with Crippen molar-refractivity contribution in [2.45, 2.75) is 12.5 Å². The van der Waals surface area contributed by atoms with E-state index in [2.05, 4.69) is 14.9 Å². The summed E-state index contributed by atoms with van der Waals surface area (Å²) in [5.41, 5.74) is 0. The Morgan fingerprint density at radius 2 is 1.80 bits per heavy atom. The summed E-state index contributed by atoms with van der Waals surface area (Å²) in [4.78, 5) is 27.5. The summed E-state index contributed by atoms with van der Waals surface area (Å²) in [5, 5.41) is 0. The highest BCUT2D eigenvalue weighted by Gasteiger charge is 2.36. The maximum atomic E-state index is 12.7. The first kappa shape index (κ1) is 16.5. The van der Waals surface area contributed by atoms with E-state index in [0.717, 1.165) is 32.0 Å². The summed E-state index contributed by atoms with van der Waals surface area (Å²) in [5.74, 6) is 1.17. The van der Waals surface area contributed by atoms with Crippen LogP contribution >= 0.6 is 0 Å². The molecule has 1 aromatic heterocycles. The Balaban J connectivity index is 1.38. The molecule has 3 saturated heterocycles. The SMILES string of the molecule is O=C(N1CCOCC1)N1CC[C@H]2CN(c3ncccn3)CCO[C@@H]2C1. The van der Waals surface area contributed by atoms with Crippen LogP contribution < -0.4 is 4.90 Å². The number of piperidine rings is 1. The number of nitrogens with zero attached hydrogens (tertiary/aromatic N) is 5. The van der Waals surface area contributed by atoms with Gasteiger partial charge in [0.15, 0.2) is 0 Å². The van der Waals surface area contributed by atoms with Crippen LogP contribution in [0.4, 0.5) is 10.7 Å². The molecule has 8 nitrogen and oxygen atoms in total. The van der Waals surface area contributed by atoms with Gasteiger partial charge in [-0.25, -0.2) is 14.8 Å². The van der Waals surface area contributed by atoms with Crippen molar-refractivity contribution in [3.05, 3.63) is 18.5 Å². The Kier molecular flexibility index (Phi) is 4.98. The second-order valence-electron chi connectivity index (χ2n) is 6.78. The Morgan fingerprint density at radius 3 is 2.60 bits per heavy atom. The first-order chi connectivity index (χ1) is 12.3. The van der Waals surface area contributed by atoms with E-state index in [9.17, 15) is 4.79 Å². The number of rotatable bonds is 1. The summed E-state index contributed by atoms with van der Waals surface area (Å²) in [6, 6.07) is 1.95. The molecule has 2 amide bonds. The van der Waals surface area contributed by atoms with Gasteiger partial charge in [0, 0.05) is 57.6 Å². The van der Waals surface area contributed by atoms with Gasteiger partial charge in [0.25, 0.3) is 0 Å². The van der Waals surface area contributed by atoms with Gasteiger partial charge in [0.05, 0.1) is 25.9 Å². The van der Waals surface area contributed by atoms with Gasteiger partial charge < -0.3 is 24.2 Å². The van der Waals surface area contributed by atoms with Crippen LogP contribution in [0.1, 0.15) is 6.42 Å². The molecule has 0 N–H and O–H groups in total. The van der Waals surface area contributed by atoms with Gasteiger partial charge in [-0.15, -0.1) is 0 Å². The average Bonchev–Trinajstić information content (AvgIpc) is 2.90. The molecular weight excluding hydrogens is 322 g/mol. The van der Waals surface area contributed by atoms with Gasteiger partial charge in [0.2, 0.25) is 5.95 Å². The summed E-state index contributed by atoms with van der Waals surface area (Å²) in [6.07, 6.45) is 4.58. The molecule has 1 aromatic rings. The second-order valence-corrected chi connectivity index (χ2v) is 6.78. The summed E-state index contributed by atoms with van der Waals surface area (Å²) in [7, 11) is 0. The molecule has 4 heterocycles. The molecule has 0 unspecified atom stereocenters. The Bertz CT molecular complexity index is 581. The van der Waals surface area contributed by atoms with E-state index in [1.165, 1.54) is 0 Å². The van der Waals surface area contributed by atoms with Crippen molar-refractivity contribution < 1.29 is 14.3 Å². The zero-order valence-corrected chi connectivity index (χ0v) is 14.4. The van der Waals surface area contributed by atoms with Crippen LogP contribution in [-0.2, 0) is 9.47 Å². The van der Waals surface area contributed by atoms with E-state index < -0.39 is 0 Å². The smallest absolute Gasteiger partial charge is 0.320 e. The highest BCUT2D eigenvalue weighted by Crippen LogP contribution is 2.26. The molecule has 136 valence electrons. The third kappa shape index (κ3) is 3.69. The largest absolute Gasteiger partial charge is 0.378 e. The van der Waals surface area contributed by atoms with Crippen LogP contribution in [0.3, 0.4) is 0 Å². The molecule has 3 aliphatic rings. The maximum Gasteiger partial charge on any atom is 0.320 e. The number of anilines is 1. The number of hydrogen-bond acceptors (Lipinski definition) is 6. The van der Waals surface area contributed by atoms with Crippen molar-refractivity contribution in [2.75, 3.05) is 64.0 Å². The topological polar surface area (TPSA) is 71.0 Å². The van der Waals surface area contributed by atoms with Gasteiger partial charge in [0.1, 0.15) is 0 Å². The molecular formula is C17H25N5O3. The fraction of sp³-hybridized carbons (Fsp3) is 0.706. The number of urea groups is 1. The van der Waals surface area contributed by atoms with Gasteiger partial charge in [-0.3, -0.25) is 0 Å². The lowest BCUT2D eigenvalue weighted by atomic mass is 9.93. The van der Waals surface area contributed by atoms with Crippen LogP contribution in [0, 0.1) is 5.92 Å². The Hall–Kier alpha value is -1.93. The van der Waals surface area contributed by atoms with Crippen molar-refractivity contribution in [1.29, 1.82) is 0 Å². The fourth-order valence-electron chi connectivity index (χ4n) is 3.82. The number of amides is 2. The standard InChI is InChI=1S/C17H25N5O3/c23-17(20-6-9-24-10-7-20)22-5-2-14-12-21(8-11-25-15(14)13-22)16-18-3-1-4-19-16/h1,3-4,14-15H,2,5-13H2/t14-,15+/m0/s1. The van der Waals surface area contributed by atoms with Crippen molar-refractivity contribution in [3.8, 4) is 0 Å². The third-order valence-electron chi connectivity index (χ3n) is 5.23. The molecule has 0 aliphatic carbocycles. The van der Waals surface area contributed by atoms with Crippen LogP contribution in [0.2, 0.25) is 0 Å². The molecule has 0 bridgehead atoms. The lowest BCUT2D eigenvalue weighted by Gasteiger charge is -2.40. The third-order valence-corrected chi connectivity index (χ3v) is 5.23. The summed E-state index contributed by atoms with van der Waals surface area (Å²) >= 11 is 0. The van der Waals surface area contributed by atoms with E-state index >= 15 is 0 Å². The minimum Gasteiger partial charge on any atom is -0.378 e. The van der Waals surface area contributed by atoms with Gasteiger partial charge >= 0.3 is 6.03 Å². The predicted molar refractivity (Wildman–Crippen MR) is 91.5 cm³/mol. The van der Waals surface area contributed by atoms with E-state index in [1.54, 1.807) is 12.4 Å². The highest BCUT2D eigenvalue weighted by atomic mass is 16.5. The summed E-state index contributed by atoms with van der Waals surface area (Å²) < 4.78 is 11.4. The van der Waals surface area contributed by atoms with Gasteiger partial charge in [-0.2, -0.15) is 0 Å².